The highest BCUT2D eigenvalue weighted by molar-refractivity contribution is 5.89. The van der Waals surface area contributed by atoms with E-state index < -0.39 is 5.60 Å². The summed E-state index contributed by atoms with van der Waals surface area (Å²) in [5.74, 6) is 0.772. The van der Waals surface area contributed by atoms with Gasteiger partial charge < -0.3 is 4.74 Å². The molecule has 1 aliphatic rings. The predicted octanol–water partition coefficient (Wildman–Crippen LogP) is 3.71. The third kappa shape index (κ3) is 3.66. The number of esters is 1. The van der Waals surface area contributed by atoms with Gasteiger partial charge in [-0.1, -0.05) is 19.9 Å². The summed E-state index contributed by atoms with van der Waals surface area (Å²) in [5, 5.41) is 0. The lowest BCUT2D eigenvalue weighted by atomic mass is 9.80. The second-order valence-corrected chi connectivity index (χ2v) is 5.94. The highest BCUT2D eigenvalue weighted by atomic mass is 16.6. The smallest absolute Gasteiger partial charge is 0.334 e. The SMILES string of the molecule is CC(C)C1CCCC=C1C(=O)OC(C)(C)C. The molecule has 2 heteroatoms. The van der Waals surface area contributed by atoms with Crippen LogP contribution in [0.1, 0.15) is 53.9 Å². The summed E-state index contributed by atoms with van der Waals surface area (Å²) in [4.78, 5) is 12.0. The first-order valence-corrected chi connectivity index (χ1v) is 6.24. The topological polar surface area (TPSA) is 26.3 Å². The van der Waals surface area contributed by atoms with Gasteiger partial charge in [0, 0.05) is 5.57 Å². The van der Waals surface area contributed by atoms with Crippen molar-refractivity contribution in [1.82, 2.24) is 0 Å². The normalized spacial score (nSPS) is 21.9. The summed E-state index contributed by atoms with van der Waals surface area (Å²) in [5.41, 5.74) is 0.507. The van der Waals surface area contributed by atoms with Crippen molar-refractivity contribution in [1.29, 1.82) is 0 Å². The first-order valence-electron chi connectivity index (χ1n) is 6.24. The Morgan fingerprint density at radius 1 is 1.44 bits per heavy atom. The van der Waals surface area contributed by atoms with Gasteiger partial charge in [0.05, 0.1) is 0 Å². The molecule has 0 heterocycles. The molecule has 0 aromatic rings. The quantitative estimate of drug-likeness (QED) is 0.668. The molecule has 1 atom stereocenters. The molecule has 16 heavy (non-hydrogen) atoms. The van der Waals surface area contributed by atoms with Crippen LogP contribution in [0.15, 0.2) is 11.6 Å². The van der Waals surface area contributed by atoms with Crippen molar-refractivity contribution >= 4 is 5.97 Å². The van der Waals surface area contributed by atoms with Gasteiger partial charge in [-0.2, -0.15) is 0 Å². The van der Waals surface area contributed by atoms with Gasteiger partial charge in [-0.25, -0.2) is 4.79 Å². The lowest BCUT2D eigenvalue weighted by Crippen LogP contribution is -2.29. The average Bonchev–Trinajstić information content (AvgIpc) is 2.15. The Balaban J connectivity index is 2.76. The molecule has 0 aromatic heterocycles. The molecule has 2 nitrogen and oxygen atoms in total. The molecular formula is C14H24O2. The van der Waals surface area contributed by atoms with Crippen molar-refractivity contribution in [2.45, 2.75) is 59.5 Å². The number of ether oxygens (including phenoxy) is 1. The van der Waals surface area contributed by atoms with Gasteiger partial charge in [-0.15, -0.1) is 0 Å². The molecule has 1 aliphatic carbocycles. The molecule has 0 bridgehead atoms. The van der Waals surface area contributed by atoms with Gasteiger partial charge >= 0.3 is 5.97 Å². The molecular weight excluding hydrogens is 200 g/mol. The maximum atomic E-state index is 12.0. The molecule has 0 N–H and O–H groups in total. The number of allylic oxidation sites excluding steroid dienone is 1. The van der Waals surface area contributed by atoms with Crippen LogP contribution in [0.3, 0.4) is 0 Å². The van der Waals surface area contributed by atoms with Crippen molar-refractivity contribution in [3.63, 3.8) is 0 Å². The fourth-order valence-electron chi connectivity index (χ4n) is 2.17. The van der Waals surface area contributed by atoms with Crippen molar-refractivity contribution in [3.05, 3.63) is 11.6 Å². The van der Waals surface area contributed by atoms with Gasteiger partial charge in [0.25, 0.3) is 0 Å². The second-order valence-electron chi connectivity index (χ2n) is 5.94. The lowest BCUT2D eigenvalue weighted by Gasteiger charge is -2.29. The second kappa shape index (κ2) is 5.03. The van der Waals surface area contributed by atoms with E-state index in [-0.39, 0.29) is 5.97 Å². The number of rotatable bonds is 2. The highest BCUT2D eigenvalue weighted by Crippen LogP contribution is 2.32. The van der Waals surface area contributed by atoms with Gasteiger partial charge in [0.2, 0.25) is 0 Å². The fourth-order valence-corrected chi connectivity index (χ4v) is 2.17. The van der Waals surface area contributed by atoms with Crippen LogP contribution < -0.4 is 0 Å². The maximum absolute atomic E-state index is 12.0. The monoisotopic (exact) mass is 224 g/mol. The van der Waals surface area contributed by atoms with Gasteiger partial charge in [0.1, 0.15) is 5.60 Å². The van der Waals surface area contributed by atoms with E-state index in [1.165, 1.54) is 6.42 Å². The van der Waals surface area contributed by atoms with E-state index in [0.29, 0.717) is 11.8 Å². The van der Waals surface area contributed by atoms with Crippen LogP contribution in [0.5, 0.6) is 0 Å². The Kier molecular flexibility index (Phi) is 4.17. The van der Waals surface area contributed by atoms with E-state index in [1.807, 2.05) is 20.8 Å². The first kappa shape index (κ1) is 13.3. The minimum Gasteiger partial charge on any atom is -0.457 e. The van der Waals surface area contributed by atoms with E-state index in [9.17, 15) is 4.79 Å². The molecule has 0 radical (unpaired) electrons. The van der Waals surface area contributed by atoms with Gasteiger partial charge in [-0.05, 0) is 51.9 Å². The number of carbonyl (C=O) groups excluding carboxylic acids is 1. The minimum absolute atomic E-state index is 0.120. The van der Waals surface area contributed by atoms with Crippen LogP contribution in [0, 0.1) is 11.8 Å². The third-order valence-corrected chi connectivity index (χ3v) is 2.92. The third-order valence-electron chi connectivity index (χ3n) is 2.92. The van der Waals surface area contributed by atoms with E-state index >= 15 is 0 Å². The summed E-state index contributed by atoms with van der Waals surface area (Å²) in [6.45, 7) is 10.1. The summed E-state index contributed by atoms with van der Waals surface area (Å²) >= 11 is 0. The van der Waals surface area contributed by atoms with Crippen molar-refractivity contribution < 1.29 is 9.53 Å². The minimum atomic E-state index is -0.392. The molecule has 0 spiro atoms. The predicted molar refractivity (Wildman–Crippen MR) is 66.1 cm³/mol. The van der Waals surface area contributed by atoms with Gasteiger partial charge in [-0.3, -0.25) is 0 Å². The Morgan fingerprint density at radius 2 is 2.06 bits per heavy atom. The van der Waals surface area contributed by atoms with Crippen LogP contribution in [0.4, 0.5) is 0 Å². The molecule has 1 rings (SSSR count). The molecule has 0 aromatic carbocycles. The van der Waals surface area contributed by atoms with Crippen LogP contribution in [-0.2, 0) is 9.53 Å². The maximum Gasteiger partial charge on any atom is 0.334 e. The summed E-state index contributed by atoms with van der Waals surface area (Å²) in [6, 6.07) is 0. The van der Waals surface area contributed by atoms with E-state index in [0.717, 1.165) is 18.4 Å². The first-order chi connectivity index (χ1) is 7.31. The zero-order valence-electron chi connectivity index (χ0n) is 11.2. The van der Waals surface area contributed by atoms with Crippen LogP contribution >= 0.6 is 0 Å². The molecule has 0 fully saturated rings. The Hall–Kier alpha value is -0.790. The molecule has 92 valence electrons. The van der Waals surface area contributed by atoms with E-state index in [2.05, 4.69) is 19.9 Å². The molecule has 0 aliphatic heterocycles. The van der Waals surface area contributed by atoms with Crippen molar-refractivity contribution in [2.75, 3.05) is 0 Å². The Labute approximate surface area is 99.1 Å². The molecule has 0 saturated heterocycles. The van der Waals surface area contributed by atoms with Crippen LogP contribution in [-0.4, -0.2) is 11.6 Å². The average molecular weight is 224 g/mol. The number of hydrogen-bond donors (Lipinski definition) is 0. The van der Waals surface area contributed by atoms with E-state index in [1.54, 1.807) is 0 Å². The van der Waals surface area contributed by atoms with Crippen molar-refractivity contribution in [2.24, 2.45) is 11.8 Å². The molecule has 0 amide bonds. The number of carbonyl (C=O) groups is 1. The fraction of sp³-hybridized carbons (Fsp3) is 0.786. The number of hydrogen-bond acceptors (Lipinski definition) is 2. The highest BCUT2D eigenvalue weighted by Gasteiger charge is 2.29. The zero-order valence-corrected chi connectivity index (χ0v) is 11.2. The lowest BCUT2D eigenvalue weighted by molar-refractivity contribution is -0.150. The molecule has 0 saturated carbocycles. The largest absolute Gasteiger partial charge is 0.457 e. The van der Waals surface area contributed by atoms with E-state index in [4.69, 9.17) is 4.74 Å². The summed E-state index contributed by atoms with van der Waals surface area (Å²) in [6.07, 6.45) is 5.39. The Bertz CT molecular complexity index is 282. The zero-order chi connectivity index (χ0) is 12.3. The molecule has 1 unspecified atom stereocenters. The van der Waals surface area contributed by atoms with Crippen LogP contribution in [0.25, 0.3) is 0 Å². The summed E-state index contributed by atoms with van der Waals surface area (Å²) < 4.78 is 5.45. The van der Waals surface area contributed by atoms with Gasteiger partial charge in [0.15, 0.2) is 0 Å². The standard InChI is InChI=1S/C14H24O2/c1-10(2)11-8-6-7-9-12(11)13(15)16-14(3,4)5/h9-11H,6-8H2,1-5H3. The van der Waals surface area contributed by atoms with Crippen LogP contribution in [0.2, 0.25) is 0 Å². The Morgan fingerprint density at radius 3 is 2.56 bits per heavy atom. The summed E-state index contributed by atoms with van der Waals surface area (Å²) in [7, 11) is 0. The van der Waals surface area contributed by atoms with Crippen molar-refractivity contribution in [3.8, 4) is 0 Å².